The second kappa shape index (κ2) is 10.2. The number of carbonyl (C=O) groups is 1. The first kappa shape index (κ1) is 17.7. The first-order valence-electron chi connectivity index (χ1n) is 7.49. The number of hydrazone groups is 1. The molecule has 0 unspecified atom stereocenters. The minimum Gasteiger partial charge on any atom is -0.465 e. The summed E-state index contributed by atoms with van der Waals surface area (Å²) in [5.74, 6) is 0.314. The lowest BCUT2D eigenvalue weighted by atomic mass is 10.2. The minimum absolute atomic E-state index is 0.181. The SMILES string of the molecule is CCCOC(=O)CSc1n[nH]c(N/N=C/C=C/c2ccccc2)n1. The summed E-state index contributed by atoms with van der Waals surface area (Å²) in [6.07, 6.45) is 6.18. The van der Waals surface area contributed by atoms with Crippen LogP contribution in [0.2, 0.25) is 0 Å². The number of benzene rings is 1. The molecular formula is C16H19N5O2S. The molecule has 2 N–H and O–H groups in total. The number of rotatable bonds is 9. The zero-order valence-corrected chi connectivity index (χ0v) is 14.1. The molecule has 0 atom stereocenters. The number of nitrogens with zero attached hydrogens (tertiary/aromatic N) is 3. The number of H-pyrrole nitrogens is 1. The molecule has 1 aromatic heterocycles. The van der Waals surface area contributed by atoms with Crippen molar-refractivity contribution in [3.8, 4) is 0 Å². The van der Waals surface area contributed by atoms with Crippen LogP contribution < -0.4 is 5.43 Å². The zero-order chi connectivity index (χ0) is 17.0. The first-order valence-corrected chi connectivity index (χ1v) is 8.48. The van der Waals surface area contributed by atoms with Crippen LogP contribution in [-0.4, -0.2) is 39.7 Å². The molecule has 0 aliphatic heterocycles. The summed E-state index contributed by atoms with van der Waals surface area (Å²) in [5.41, 5.74) is 3.83. The number of thioether (sulfide) groups is 1. The molecule has 1 heterocycles. The van der Waals surface area contributed by atoms with Gasteiger partial charge in [0.15, 0.2) is 0 Å². The molecule has 0 spiro atoms. The summed E-state index contributed by atoms with van der Waals surface area (Å²) in [5, 5.41) is 11.1. The Morgan fingerprint density at radius 3 is 3.04 bits per heavy atom. The highest BCUT2D eigenvalue weighted by molar-refractivity contribution is 7.99. The Labute approximate surface area is 144 Å². The minimum atomic E-state index is -0.273. The molecule has 126 valence electrons. The van der Waals surface area contributed by atoms with Gasteiger partial charge in [-0.25, -0.2) is 10.5 Å². The van der Waals surface area contributed by atoms with Crippen molar-refractivity contribution in [2.45, 2.75) is 18.5 Å². The fraction of sp³-hybridized carbons (Fsp3) is 0.250. The summed E-state index contributed by atoms with van der Waals surface area (Å²) >= 11 is 1.21. The van der Waals surface area contributed by atoms with Crippen LogP contribution in [0.1, 0.15) is 18.9 Å². The molecule has 1 aromatic carbocycles. The predicted octanol–water partition coefficient (Wildman–Crippen LogP) is 2.96. The number of esters is 1. The number of ether oxygens (including phenoxy) is 1. The number of carbonyl (C=O) groups excluding carboxylic acids is 1. The van der Waals surface area contributed by atoms with E-state index in [-0.39, 0.29) is 11.7 Å². The highest BCUT2D eigenvalue weighted by Gasteiger charge is 2.07. The predicted molar refractivity (Wildman–Crippen MR) is 95.9 cm³/mol. The third kappa shape index (κ3) is 6.66. The quantitative estimate of drug-likeness (QED) is 0.314. The van der Waals surface area contributed by atoms with Gasteiger partial charge in [0.05, 0.1) is 12.4 Å². The van der Waals surface area contributed by atoms with Gasteiger partial charge in [-0.3, -0.25) is 4.79 Å². The Kier molecular flexibility index (Phi) is 7.55. The molecule has 0 bridgehead atoms. The Hall–Kier alpha value is -2.61. The summed E-state index contributed by atoms with van der Waals surface area (Å²) in [4.78, 5) is 15.5. The second-order valence-corrected chi connectivity index (χ2v) is 5.58. The van der Waals surface area contributed by atoms with Gasteiger partial charge in [-0.05, 0) is 18.1 Å². The number of allylic oxidation sites excluding steroid dienone is 1. The van der Waals surface area contributed by atoms with E-state index in [2.05, 4.69) is 25.7 Å². The van der Waals surface area contributed by atoms with Crippen molar-refractivity contribution in [3.05, 3.63) is 42.0 Å². The van der Waals surface area contributed by atoms with Crippen molar-refractivity contribution in [2.75, 3.05) is 17.8 Å². The van der Waals surface area contributed by atoms with E-state index in [9.17, 15) is 4.79 Å². The molecule has 7 nitrogen and oxygen atoms in total. The third-order valence-corrected chi connectivity index (χ3v) is 3.49. The number of anilines is 1. The Morgan fingerprint density at radius 1 is 1.42 bits per heavy atom. The van der Waals surface area contributed by atoms with Crippen LogP contribution in [-0.2, 0) is 9.53 Å². The van der Waals surface area contributed by atoms with E-state index in [1.807, 2.05) is 49.4 Å². The average Bonchev–Trinajstić information content (AvgIpc) is 3.06. The molecule has 24 heavy (non-hydrogen) atoms. The van der Waals surface area contributed by atoms with Gasteiger partial charge < -0.3 is 4.74 Å². The van der Waals surface area contributed by atoms with Crippen molar-refractivity contribution >= 4 is 36.0 Å². The summed E-state index contributed by atoms with van der Waals surface area (Å²) in [6.45, 7) is 2.38. The van der Waals surface area contributed by atoms with E-state index in [4.69, 9.17) is 4.74 Å². The normalized spacial score (nSPS) is 11.2. The van der Waals surface area contributed by atoms with Crippen molar-refractivity contribution in [3.63, 3.8) is 0 Å². The standard InChI is InChI=1S/C16H19N5O2S/c1-2-11-23-14(22)12-24-16-18-15(20-21-16)19-17-10-6-9-13-7-4-3-5-8-13/h3-10H,2,11-12H2,1H3,(H2,18,19,20,21)/b9-6+,17-10+. The molecule has 0 saturated carbocycles. The van der Waals surface area contributed by atoms with E-state index in [1.54, 1.807) is 6.21 Å². The Morgan fingerprint density at radius 2 is 2.25 bits per heavy atom. The molecule has 0 fully saturated rings. The van der Waals surface area contributed by atoms with Gasteiger partial charge in [0, 0.05) is 6.21 Å². The van der Waals surface area contributed by atoms with E-state index < -0.39 is 0 Å². The third-order valence-electron chi connectivity index (χ3n) is 2.67. The van der Waals surface area contributed by atoms with Crippen molar-refractivity contribution in [2.24, 2.45) is 5.10 Å². The maximum atomic E-state index is 11.4. The molecule has 0 radical (unpaired) electrons. The number of aromatic nitrogens is 3. The van der Waals surface area contributed by atoms with E-state index in [0.717, 1.165) is 12.0 Å². The van der Waals surface area contributed by atoms with Crippen molar-refractivity contribution < 1.29 is 9.53 Å². The molecular weight excluding hydrogens is 326 g/mol. The number of aromatic amines is 1. The fourth-order valence-corrected chi connectivity index (χ4v) is 2.20. The van der Waals surface area contributed by atoms with Gasteiger partial charge in [-0.15, -0.1) is 5.10 Å². The summed E-state index contributed by atoms with van der Waals surface area (Å²) in [7, 11) is 0. The molecule has 2 aromatic rings. The molecule has 2 rings (SSSR count). The van der Waals surface area contributed by atoms with Gasteiger partial charge in [0.25, 0.3) is 0 Å². The monoisotopic (exact) mass is 345 g/mol. The average molecular weight is 345 g/mol. The van der Waals surface area contributed by atoms with Crippen LogP contribution in [0.4, 0.5) is 5.95 Å². The van der Waals surface area contributed by atoms with Crippen LogP contribution >= 0.6 is 11.8 Å². The van der Waals surface area contributed by atoms with Gasteiger partial charge in [0.2, 0.25) is 11.1 Å². The van der Waals surface area contributed by atoms with Crippen LogP contribution in [0.5, 0.6) is 0 Å². The van der Waals surface area contributed by atoms with Gasteiger partial charge in [0.1, 0.15) is 0 Å². The van der Waals surface area contributed by atoms with Crippen LogP contribution in [0.3, 0.4) is 0 Å². The lowest BCUT2D eigenvalue weighted by molar-refractivity contribution is -0.140. The van der Waals surface area contributed by atoms with Gasteiger partial charge in [-0.2, -0.15) is 10.1 Å². The maximum absolute atomic E-state index is 11.4. The summed E-state index contributed by atoms with van der Waals surface area (Å²) < 4.78 is 4.98. The number of hydrogen-bond donors (Lipinski definition) is 2. The Balaban J connectivity index is 1.72. The van der Waals surface area contributed by atoms with Gasteiger partial charge >= 0.3 is 5.97 Å². The second-order valence-electron chi connectivity index (χ2n) is 4.64. The van der Waals surface area contributed by atoms with E-state index in [0.29, 0.717) is 17.7 Å². The zero-order valence-electron chi connectivity index (χ0n) is 13.3. The smallest absolute Gasteiger partial charge is 0.316 e. The fourth-order valence-electron chi connectivity index (χ4n) is 1.60. The van der Waals surface area contributed by atoms with Crippen LogP contribution in [0, 0.1) is 0 Å². The molecule has 0 aliphatic carbocycles. The van der Waals surface area contributed by atoms with Crippen LogP contribution in [0.15, 0.2) is 46.7 Å². The topological polar surface area (TPSA) is 92.3 Å². The van der Waals surface area contributed by atoms with Gasteiger partial charge in [-0.1, -0.05) is 55.1 Å². The van der Waals surface area contributed by atoms with E-state index in [1.165, 1.54) is 11.8 Å². The highest BCUT2D eigenvalue weighted by Crippen LogP contribution is 2.14. The summed E-state index contributed by atoms with van der Waals surface area (Å²) in [6, 6.07) is 9.92. The number of nitrogens with one attached hydrogen (secondary N) is 2. The molecule has 0 amide bonds. The molecule has 8 heteroatoms. The molecule has 0 saturated heterocycles. The first-order chi connectivity index (χ1) is 11.8. The molecule has 0 aliphatic rings. The number of hydrogen-bond acceptors (Lipinski definition) is 7. The highest BCUT2D eigenvalue weighted by atomic mass is 32.2. The lowest BCUT2D eigenvalue weighted by Crippen LogP contribution is -2.07. The lowest BCUT2D eigenvalue weighted by Gasteiger charge is -2.00. The van der Waals surface area contributed by atoms with E-state index >= 15 is 0 Å². The largest absolute Gasteiger partial charge is 0.465 e. The van der Waals surface area contributed by atoms with Crippen LogP contribution in [0.25, 0.3) is 6.08 Å². The van der Waals surface area contributed by atoms with Crippen molar-refractivity contribution in [1.82, 2.24) is 15.2 Å². The maximum Gasteiger partial charge on any atom is 0.316 e. The van der Waals surface area contributed by atoms with Crippen molar-refractivity contribution in [1.29, 1.82) is 0 Å². The Bertz CT molecular complexity index is 685.